The van der Waals surface area contributed by atoms with Crippen LogP contribution >= 0.6 is 0 Å². The minimum Gasteiger partial charge on any atom is -0.481 e. The molecule has 0 spiro atoms. The number of anilines is 1. The number of amides is 1. The number of hydrogen-bond donors (Lipinski definition) is 1. The number of carbonyl (C=O) groups excluding carboxylic acids is 1. The van der Waals surface area contributed by atoms with Crippen molar-refractivity contribution in [2.45, 2.75) is 32.1 Å². The second kappa shape index (κ2) is 4.68. The Bertz CT molecular complexity index is 538. The van der Waals surface area contributed by atoms with Crippen LogP contribution < -0.4 is 4.90 Å². The number of aryl methyl sites for hydroxylation is 1. The molecule has 1 aromatic rings. The van der Waals surface area contributed by atoms with E-state index in [1.807, 2.05) is 12.1 Å². The number of fused-ring (bicyclic) bond motifs is 1. The predicted molar refractivity (Wildman–Crippen MR) is 71.2 cm³/mol. The number of rotatable bonds is 2. The number of nitrogens with zero attached hydrogens (tertiary/aromatic N) is 1. The molecule has 1 saturated heterocycles. The second-order valence-electron chi connectivity index (χ2n) is 5.37. The van der Waals surface area contributed by atoms with Crippen molar-refractivity contribution in [3.63, 3.8) is 0 Å². The normalized spacial score (nSPS) is 22.4. The Morgan fingerprint density at radius 2 is 2.05 bits per heavy atom. The van der Waals surface area contributed by atoms with Crippen molar-refractivity contribution < 1.29 is 14.7 Å². The lowest BCUT2D eigenvalue weighted by Gasteiger charge is -2.25. The molecule has 1 aliphatic carbocycles. The summed E-state index contributed by atoms with van der Waals surface area (Å²) in [5.74, 6) is -1.50. The molecular weight excluding hydrogens is 242 g/mol. The fraction of sp³-hybridized carbons (Fsp3) is 0.467. The number of aliphatic carboxylic acids is 1. The average molecular weight is 259 g/mol. The third kappa shape index (κ3) is 2.11. The molecule has 19 heavy (non-hydrogen) atoms. The van der Waals surface area contributed by atoms with Crippen LogP contribution in [0.25, 0.3) is 0 Å². The summed E-state index contributed by atoms with van der Waals surface area (Å²) >= 11 is 0. The SMILES string of the molecule is O=C(O)C1CC(=O)N(c2cccc3c2CCCC3)C1. The summed E-state index contributed by atoms with van der Waals surface area (Å²) in [5.41, 5.74) is 3.49. The number of carboxylic acid groups (broad SMARTS) is 1. The van der Waals surface area contributed by atoms with E-state index in [1.165, 1.54) is 17.5 Å². The highest BCUT2D eigenvalue weighted by Crippen LogP contribution is 2.33. The van der Waals surface area contributed by atoms with Gasteiger partial charge in [0, 0.05) is 18.7 Å². The van der Waals surface area contributed by atoms with E-state index in [0.29, 0.717) is 6.54 Å². The van der Waals surface area contributed by atoms with Gasteiger partial charge in [0.15, 0.2) is 0 Å². The molecule has 4 heteroatoms. The zero-order chi connectivity index (χ0) is 13.4. The van der Waals surface area contributed by atoms with Crippen LogP contribution in [0.1, 0.15) is 30.4 Å². The minimum absolute atomic E-state index is 0.0635. The summed E-state index contributed by atoms with van der Waals surface area (Å²) in [5, 5.41) is 9.06. The number of carbonyl (C=O) groups is 2. The standard InChI is InChI=1S/C15H17NO3/c17-14-8-11(15(18)19)9-16(14)13-7-3-5-10-4-1-2-6-12(10)13/h3,5,7,11H,1-2,4,6,8-9H2,(H,18,19). The summed E-state index contributed by atoms with van der Waals surface area (Å²) in [6, 6.07) is 6.04. The molecule has 1 aliphatic heterocycles. The van der Waals surface area contributed by atoms with E-state index in [4.69, 9.17) is 5.11 Å². The van der Waals surface area contributed by atoms with Crippen molar-refractivity contribution in [3.8, 4) is 0 Å². The molecule has 100 valence electrons. The van der Waals surface area contributed by atoms with Gasteiger partial charge >= 0.3 is 5.97 Å². The van der Waals surface area contributed by atoms with E-state index >= 15 is 0 Å². The molecule has 1 heterocycles. The second-order valence-corrected chi connectivity index (χ2v) is 5.37. The van der Waals surface area contributed by atoms with Gasteiger partial charge in [-0.25, -0.2) is 0 Å². The maximum Gasteiger partial charge on any atom is 0.308 e. The topological polar surface area (TPSA) is 57.6 Å². The molecule has 0 aromatic heterocycles. The van der Waals surface area contributed by atoms with Crippen molar-refractivity contribution in [1.82, 2.24) is 0 Å². The molecule has 0 saturated carbocycles. The quantitative estimate of drug-likeness (QED) is 0.883. The highest BCUT2D eigenvalue weighted by Gasteiger charge is 2.36. The molecule has 1 atom stereocenters. The maximum atomic E-state index is 12.0. The monoisotopic (exact) mass is 259 g/mol. The third-order valence-corrected chi connectivity index (χ3v) is 4.14. The molecule has 1 unspecified atom stereocenters. The molecule has 1 aromatic carbocycles. The summed E-state index contributed by atoms with van der Waals surface area (Å²) in [4.78, 5) is 24.7. The predicted octanol–water partition coefficient (Wildman–Crippen LogP) is 2.00. The fourth-order valence-electron chi connectivity index (χ4n) is 3.12. The van der Waals surface area contributed by atoms with Gasteiger partial charge in [0.1, 0.15) is 0 Å². The Hall–Kier alpha value is -1.84. The van der Waals surface area contributed by atoms with Gasteiger partial charge in [-0.1, -0.05) is 12.1 Å². The van der Waals surface area contributed by atoms with Crippen molar-refractivity contribution in [2.75, 3.05) is 11.4 Å². The first-order chi connectivity index (χ1) is 9.16. The van der Waals surface area contributed by atoms with Crippen molar-refractivity contribution in [3.05, 3.63) is 29.3 Å². The van der Waals surface area contributed by atoms with Gasteiger partial charge in [-0.15, -0.1) is 0 Å². The lowest BCUT2D eigenvalue weighted by molar-refractivity contribution is -0.141. The lowest BCUT2D eigenvalue weighted by atomic mass is 9.90. The highest BCUT2D eigenvalue weighted by molar-refractivity contribution is 5.99. The Kier molecular flexibility index (Phi) is 3.01. The summed E-state index contributed by atoms with van der Waals surface area (Å²) in [7, 11) is 0. The third-order valence-electron chi connectivity index (χ3n) is 4.14. The largest absolute Gasteiger partial charge is 0.481 e. The first-order valence-corrected chi connectivity index (χ1v) is 6.81. The van der Waals surface area contributed by atoms with Gasteiger partial charge in [-0.3, -0.25) is 9.59 Å². The summed E-state index contributed by atoms with van der Waals surface area (Å²) < 4.78 is 0. The molecular formula is C15H17NO3. The minimum atomic E-state index is -0.874. The van der Waals surface area contributed by atoms with E-state index in [2.05, 4.69) is 6.07 Å². The molecule has 1 amide bonds. The van der Waals surface area contributed by atoms with Crippen LogP contribution in [0.4, 0.5) is 5.69 Å². The van der Waals surface area contributed by atoms with Crippen LogP contribution in [0.15, 0.2) is 18.2 Å². The molecule has 4 nitrogen and oxygen atoms in total. The number of carboxylic acids is 1. The van der Waals surface area contributed by atoms with Gasteiger partial charge < -0.3 is 10.0 Å². The van der Waals surface area contributed by atoms with Gasteiger partial charge in [0.2, 0.25) is 5.91 Å². The van der Waals surface area contributed by atoms with Crippen LogP contribution in [-0.4, -0.2) is 23.5 Å². The van der Waals surface area contributed by atoms with Gasteiger partial charge in [0.05, 0.1) is 5.92 Å². The molecule has 3 rings (SSSR count). The molecule has 0 bridgehead atoms. The van der Waals surface area contributed by atoms with Crippen LogP contribution in [0.3, 0.4) is 0 Å². The first kappa shape index (κ1) is 12.2. The van der Waals surface area contributed by atoms with E-state index < -0.39 is 11.9 Å². The number of benzene rings is 1. The van der Waals surface area contributed by atoms with E-state index in [1.54, 1.807) is 4.90 Å². The highest BCUT2D eigenvalue weighted by atomic mass is 16.4. The average Bonchev–Trinajstić information content (AvgIpc) is 2.80. The smallest absolute Gasteiger partial charge is 0.308 e. The fourth-order valence-corrected chi connectivity index (χ4v) is 3.12. The molecule has 1 N–H and O–H groups in total. The molecule has 1 fully saturated rings. The molecule has 0 radical (unpaired) electrons. The first-order valence-electron chi connectivity index (χ1n) is 6.81. The van der Waals surface area contributed by atoms with Gasteiger partial charge in [-0.2, -0.15) is 0 Å². The summed E-state index contributed by atoms with van der Waals surface area (Å²) in [6.45, 7) is 0.310. The van der Waals surface area contributed by atoms with Gasteiger partial charge in [0.25, 0.3) is 0 Å². The van der Waals surface area contributed by atoms with E-state index in [9.17, 15) is 9.59 Å². The van der Waals surface area contributed by atoms with Crippen LogP contribution in [0.2, 0.25) is 0 Å². The number of hydrogen-bond acceptors (Lipinski definition) is 2. The van der Waals surface area contributed by atoms with Crippen LogP contribution in [-0.2, 0) is 22.4 Å². The molecule has 2 aliphatic rings. The zero-order valence-electron chi connectivity index (χ0n) is 10.8. The van der Waals surface area contributed by atoms with E-state index in [0.717, 1.165) is 24.9 Å². The zero-order valence-corrected chi connectivity index (χ0v) is 10.8. The van der Waals surface area contributed by atoms with Gasteiger partial charge in [-0.05, 0) is 42.9 Å². The van der Waals surface area contributed by atoms with Crippen molar-refractivity contribution >= 4 is 17.6 Å². The Morgan fingerprint density at radius 1 is 1.26 bits per heavy atom. The summed E-state index contributed by atoms with van der Waals surface area (Å²) in [6.07, 6.45) is 4.52. The van der Waals surface area contributed by atoms with Crippen LogP contribution in [0.5, 0.6) is 0 Å². The Morgan fingerprint density at radius 3 is 2.79 bits per heavy atom. The Balaban J connectivity index is 1.95. The van der Waals surface area contributed by atoms with Crippen molar-refractivity contribution in [2.24, 2.45) is 5.92 Å². The van der Waals surface area contributed by atoms with Crippen molar-refractivity contribution in [1.29, 1.82) is 0 Å². The Labute approximate surface area is 112 Å². The lowest BCUT2D eigenvalue weighted by Crippen LogP contribution is -2.27. The maximum absolute atomic E-state index is 12.0. The van der Waals surface area contributed by atoms with Crippen LogP contribution in [0, 0.1) is 5.92 Å². The van der Waals surface area contributed by atoms with E-state index in [-0.39, 0.29) is 12.3 Å².